The van der Waals surface area contributed by atoms with Crippen LogP contribution in [0.3, 0.4) is 0 Å². The lowest BCUT2D eigenvalue weighted by Crippen LogP contribution is -2.52. The third-order valence-corrected chi connectivity index (χ3v) is 2.81. The van der Waals surface area contributed by atoms with Crippen LogP contribution in [0.25, 0.3) is 0 Å². The molecule has 1 aliphatic rings. The van der Waals surface area contributed by atoms with E-state index in [4.69, 9.17) is 4.74 Å². The summed E-state index contributed by atoms with van der Waals surface area (Å²) >= 11 is 0. The molecule has 6 nitrogen and oxygen atoms in total. The van der Waals surface area contributed by atoms with Crippen molar-refractivity contribution in [2.24, 2.45) is 0 Å². The van der Waals surface area contributed by atoms with E-state index in [1.165, 1.54) is 4.90 Å². The molecule has 110 valence electrons. The van der Waals surface area contributed by atoms with Crippen LogP contribution in [0.5, 0.6) is 0 Å². The first kappa shape index (κ1) is 15.6. The molecule has 1 aliphatic heterocycles. The van der Waals surface area contributed by atoms with Crippen molar-refractivity contribution in [3.8, 4) is 0 Å². The van der Waals surface area contributed by atoms with E-state index in [-0.39, 0.29) is 18.2 Å². The van der Waals surface area contributed by atoms with E-state index in [0.717, 1.165) is 12.8 Å². The summed E-state index contributed by atoms with van der Waals surface area (Å²) in [5, 5.41) is 2.90. The van der Waals surface area contributed by atoms with Gasteiger partial charge in [-0.05, 0) is 33.6 Å². The number of hydrogen-bond acceptors (Lipinski definition) is 3. The first-order chi connectivity index (χ1) is 8.69. The maximum Gasteiger partial charge on any atom is 0.410 e. The molecule has 1 rings (SSSR count). The highest BCUT2D eigenvalue weighted by Crippen LogP contribution is 2.15. The number of nitrogens with zero attached hydrogens (tertiary/aromatic N) is 2. The van der Waals surface area contributed by atoms with E-state index >= 15 is 0 Å². The molecule has 0 radical (unpaired) electrons. The fourth-order valence-corrected chi connectivity index (χ4v) is 1.89. The fourth-order valence-electron chi connectivity index (χ4n) is 1.89. The molecule has 0 aliphatic carbocycles. The third-order valence-electron chi connectivity index (χ3n) is 2.81. The number of amides is 3. The molecule has 0 spiro atoms. The average Bonchev–Trinajstić information content (AvgIpc) is 2.27. The summed E-state index contributed by atoms with van der Waals surface area (Å²) in [6, 6.07) is -0.132. The molecule has 19 heavy (non-hydrogen) atoms. The van der Waals surface area contributed by atoms with Crippen LogP contribution in [0.1, 0.15) is 33.6 Å². The van der Waals surface area contributed by atoms with Gasteiger partial charge in [-0.3, -0.25) is 0 Å². The molecule has 0 aromatic carbocycles. The number of hydrogen-bond donors (Lipinski definition) is 1. The molecule has 6 heteroatoms. The van der Waals surface area contributed by atoms with Gasteiger partial charge in [-0.2, -0.15) is 0 Å². The summed E-state index contributed by atoms with van der Waals surface area (Å²) in [6.07, 6.45) is 1.45. The van der Waals surface area contributed by atoms with Gasteiger partial charge in [-0.25, -0.2) is 9.59 Å². The minimum absolute atomic E-state index is 0.00355. The van der Waals surface area contributed by atoms with Gasteiger partial charge in [-0.15, -0.1) is 0 Å². The maximum atomic E-state index is 12.0. The van der Waals surface area contributed by atoms with Crippen molar-refractivity contribution in [3.63, 3.8) is 0 Å². The largest absolute Gasteiger partial charge is 0.444 e. The lowest BCUT2D eigenvalue weighted by molar-refractivity contribution is 0.0189. The van der Waals surface area contributed by atoms with Gasteiger partial charge < -0.3 is 19.9 Å². The summed E-state index contributed by atoms with van der Waals surface area (Å²) in [5.74, 6) is 0. The summed E-state index contributed by atoms with van der Waals surface area (Å²) in [4.78, 5) is 26.7. The number of likely N-dealkylation sites (tertiary alicyclic amines) is 1. The number of carbonyl (C=O) groups excluding carboxylic acids is 2. The Hall–Kier alpha value is -1.46. The van der Waals surface area contributed by atoms with Crippen LogP contribution < -0.4 is 5.32 Å². The molecule has 0 aromatic rings. The first-order valence-corrected chi connectivity index (χ1v) is 6.65. The second-order valence-electron chi connectivity index (χ2n) is 6.11. The van der Waals surface area contributed by atoms with Gasteiger partial charge >= 0.3 is 12.1 Å². The van der Waals surface area contributed by atoms with Gasteiger partial charge in [0, 0.05) is 33.2 Å². The van der Waals surface area contributed by atoms with E-state index in [0.29, 0.717) is 13.1 Å². The second kappa shape index (κ2) is 6.12. The van der Waals surface area contributed by atoms with Gasteiger partial charge in [-0.1, -0.05) is 0 Å². The second-order valence-corrected chi connectivity index (χ2v) is 6.11. The molecule has 0 bridgehead atoms. The highest BCUT2D eigenvalue weighted by molar-refractivity contribution is 5.74. The van der Waals surface area contributed by atoms with E-state index in [9.17, 15) is 9.59 Å². The van der Waals surface area contributed by atoms with Gasteiger partial charge in [0.25, 0.3) is 0 Å². The van der Waals surface area contributed by atoms with E-state index in [2.05, 4.69) is 5.32 Å². The molecular weight excluding hydrogens is 246 g/mol. The van der Waals surface area contributed by atoms with E-state index in [1.807, 2.05) is 20.8 Å². The van der Waals surface area contributed by atoms with Gasteiger partial charge in [0.2, 0.25) is 0 Å². The predicted octanol–water partition coefficient (Wildman–Crippen LogP) is 1.66. The van der Waals surface area contributed by atoms with E-state index < -0.39 is 5.60 Å². The SMILES string of the molecule is CN(C)C(=O)N[C@@H]1CCCN(C(=O)OC(C)(C)C)C1. The first-order valence-electron chi connectivity index (χ1n) is 6.65. The molecule has 0 aromatic heterocycles. The Balaban J connectivity index is 2.50. The van der Waals surface area contributed by atoms with Crippen molar-refractivity contribution in [2.45, 2.75) is 45.3 Å². The Morgan fingerprint density at radius 2 is 1.95 bits per heavy atom. The average molecular weight is 271 g/mol. The van der Waals surface area contributed by atoms with Crippen LogP contribution in [-0.2, 0) is 4.74 Å². The lowest BCUT2D eigenvalue weighted by atomic mass is 10.1. The molecule has 1 fully saturated rings. The maximum absolute atomic E-state index is 12.0. The van der Waals surface area contributed by atoms with Crippen LogP contribution in [0, 0.1) is 0 Å². The summed E-state index contributed by atoms with van der Waals surface area (Å²) < 4.78 is 5.34. The van der Waals surface area contributed by atoms with Gasteiger partial charge in [0.1, 0.15) is 5.60 Å². The van der Waals surface area contributed by atoms with Crippen LogP contribution in [0.15, 0.2) is 0 Å². The minimum atomic E-state index is -0.489. The number of nitrogens with one attached hydrogen (secondary N) is 1. The monoisotopic (exact) mass is 271 g/mol. The zero-order valence-corrected chi connectivity index (χ0v) is 12.5. The number of carbonyl (C=O) groups is 2. The molecule has 1 N–H and O–H groups in total. The molecule has 1 saturated heterocycles. The zero-order valence-electron chi connectivity index (χ0n) is 12.5. The Bertz CT molecular complexity index is 337. The van der Waals surface area contributed by atoms with Crippen molar-refractivity contribution in [2.75, 3.05) is 27.2 Å². The Labute approximate surface area is 115 Å². The van der Waals surface area contributed by atoms with Gasteiger partial charge in [0.05, 0.1) is 0 Å². The standard InChI is InChI=1S/C13H25N3O3/c1-13(2,3)19-12(18)16-8-6-7-10(9-16)14-11(17)15(4)5/h10H,6-9H2,1-5H3,(H,14,17)/t10-/m1/s1. The normalized spacial score (nSPS) is 19.8. The van der Waals surface area contributed by atoms with Gasteiger partial charge in [0.15, 0.2) is 0 Å². The molecule has 0 saturated carbocycles. The van der Waals surface area contributed by atoms with E-state index in [1.54, 1.807) is 19.0 Å². The van der Waals surface area contributed by atoms with Crippen LogP contribution in [0.4, 0.5) is 9.59 Å². The quantitative estimate of drug-likeness (QED) is 0.789. The van der Waals surface area contributed by atoms with Crippen LogP contribution in [-0.4, -0.2) is 60.8 Å². The number of ether oxygens (including phenoxy) is 1. The van der Waals surface area contributed by atoms with Crippen molar-refractivity contribution >= 4 is 12.1 Å². The highest BCUT2D eigenvalue weighted by atomic mass is 16.6. The van der Waals surface area contributed by atoms with Crippen molar-refractivity contribution in [1.82, 2.24) is 15.1 Å². The number of urea groups is 1. The summed E-state index contributed by atoms with van der Waals surface area (Å²) in [7, 11) is 3.40. The number of piperidine rings is 1. The third kappa shape index (κ3) is 5.36. The Kier molecular flexibility index (Phi) is 5.03. The smallest absolute Gasteiger partial charge is 0.410 e. The molecule has 1 heterocycles. The lowest BCUT2D eigenvalue weighted by Gasteiger charge is -2.34. The summed E-state index contributed by atoms with van der Waals surface area (Å²) in [6.45, 7) is 6.73. The highest BCUT2D eigenvalue weighted by Gasteiger charge is 2.28. The van der Waals surface area contributed by atoms with Crippen LogP contribution >= 0.6 is 0 Å². The van der Waals surface area contributed by atoms with Crippen molar-refractivity contribution < 1.29 is 14.3 Å². The Morgan fingerprint density at radius 3 is 2.47 bits per heavy atom. The topological polar surface area (TPSA) is 61.9 Å². The molecule has 0 unspecified atom stereocenters. The van der Waals surface area contributed by atoms with Crippen LogP contribution in [0.2, 0.25) is 0 Å². The number of rotatable bonds is 1. The molecular formula is C13H25N3O3. The Morgan fingerprint density at radius 1 is 1.32 bits per heavy atom. The fraction of sp³-hybridized carbons (Fsp3) is 0.846. The predicted molar refractivity (Wildman–Crippen MR) is 73.0 cm³/mol. The zero-order chi connectivity index (χ0) is 14.6. The van der Waals surface area contributed by atoms with Crippen molar-refractivity contribution in [3.05, 3.63) is 0 Å². The van der Waals surface area contributed by atoms with Crippen molar-refractivity contribution in [1.29, 1.82) is 0 Å². The molecule has 1 atom stereocenters. The molecule has 3 amide bonds. The summed E-state index contributed by atoms with van der Waals surface area (Å²) in [5.41, 5.74) is -0.489. The minimum Gasteiger partial charge on any atom is -0.444 e.